The van der Waals surface area contributed by atoms with Crippen molar-refractivity contribution in [3.05, 3.63) is 53.9 Å². The Morgan fingerprint density at radius 3 is 2.68 bits per heavy atom. The van der Waals surface area contributed by atoms with Crippen molar-refractivity contribution in [1.82, 2.24) is 10.3 Å². The van der Waals surface area contributed by atoms with E-state index in [1.807, 2.05) is 30.5 Å². The minimum absolute atomic E-state index is 0.416. The van der Waals surface area contributed by atoms with Crippen molar-refractivity contribution in [1.29, 1.82) is 0 Å². The maximum atomic E-state index is 11.2. The van der Waals surface area contributed by atoms with Crippen molar-refractivity contribution in [2.45, 2.75) is 26.8 Å². The van der Waals surface area contributed by atoms with Gasteiger partial charge in [-0.1, -0.05) is 32.0 Å². The largest absolute Gasteiger partial charge is 0.366 e. The van der Waals surface area contributed by atoms with Crippen molar-refractivity contribution in [3.63, 3.8) is 0 Å². The number of amides is 1. The molecule has 0 saturated carbocycles. The number of carbonyl (C=O) groups is 1. The van der Waals surface area contributed by atoms with Crippen LogP contribution in [0.15, 0.2) is 42.6 Å². The zero-order valence-electron chi connectivity index (χ0n) is 13.2. The van der Waals surface area contributed by atoms with Crippen molar-refractivity contribution in [2.24, 2.45) is 11.7 Å². The summed E-state index contributed by atoms with van der Waals surface area (Å²) in [5.74, 6) is 0.293. The van der Waals surface area contributed by atoms with Gasteiger partial charge in [0.1, 0.15) is 0 Å². The van der Waals surface area contributed by atoms with E-state index in [0.717, 1.165) is 36.3 Å². The van der Waals surface area contributed by atoms with Crippen molar-refractivity contribution in [2.75, 3.05) is 6.54 Å². The molecule has 0 unspecified atom stereocenters. The van der Waals surface area contributed by atoms with Crippen molar-refractivity contribution >= 4 is 5.91 Å². The van der Waals surface area contributed by atoms with Crippen LogP contribution in [0.4, 0.5) is 0 Å². The van der Waals surface area contributed by atoms with E-state index in [2.05, 4.69) is 24.1 Å². The molecule has 0 aliphatic rings. The molecule has 0 spiro atoms. The van der Waals surface area contributed by atoms with Crippen LogP contribution in [-0.4, -0.2) is 17.4 Å². The van der Waals surface area contributed by atoms with Crippen LogP contribution in [-0.2, 0) is 6.54 Å². The molecule has 1 heterocycles. The third kappa shape index (κ3) is 4.67. The molecule has 0 aliphatic carbocycles. The topological polar surface area (TPSA) is 68.0 Å². The van der Waals surface area contributed by atoms with Gasteiger partial charge in [0.05, 0.1) is 5.69 Å². The number of aromatic nitrogens is 1. The molecule has 0 aliphatic heterocycles. The lowest BCUT2D eigenvalue weighted by atomic mass is 10.0. The van der Waals surface area contributed by atoms with Gasteiger partial charge in [0.25, 0.3) is 0 Å². The number of hydrogen-bond donors (Lipinski definition) is 2. The van der Waals surface area contributed by atoms with Crippen LogP contribution in [0, 0.1) is 5.92 Å². The summed E-state index contributed by atoms with van der Waals surface area (Å²) in [6.07, 6.45) is 3.00. The van der Waals surface area contributed by atoms with Crippen LogP contribution in [0.1, 0.15) is 36.3 Å². The molecule has 22 heavy (non-hydrogen) atoms. The SMILES string of the molecule is CC(C)CCNCc1ccc(-c2cccc(C(N)=O)c2)cn1. The Balaban J connectivity index is 1.99. The van der Waals surface area contributed by atoms with Crippen molar-refractivity contribution in [3.8, 4) is 11.1 Å². The van der Waals surface area contributed by atoms with Crippen LogP contribution in [0.3, 0.4) is 0 Å². The summed E-state index contributed by atoms with van der Waals surface area (Å²) < 4.78 is 0. The fourth-order valence-corrected chi connectivity index (χ4v) is 2.16. The van der Waals surface area contributed by atoms with Gasteiger partial charge in [-0.15, -0.1) is 0 Å². The summed E-state index contributed by atoms with van der Waals surface area (Å²) >= 11 is 0. The van der Waals surface area contributed by atoms with Gasteiger partial charge in [-0.3, -0.25) is 9.78 Å². The summed E-state index contributed by atoms with van der Waals surface area (Å²) in [7, 11) is 0. The first-order chi connectivity index (χ1) is 10.6. The molecular formula is C18H23N3O. The van der Waals surface area contributed by atoms with Crippen LogP contribution >= 0.6 is 0 Å². The van der Waals surface area contributed by atoms with Gasteiger partial charge in [0, 0.05) is 23.9 Å². The summed E-state index contributed by atoms with van der Waals surface area (Å²) in [5.41, 5.74) is 8.76. The zero-order valence-corrected chi connectivity index (χ0v) is 13.2. The second-order valence-electron chi connectivity index (χ2n) is 5.84. The molecule has 4 heteroatoms. The second-order valence-corrected chi connectivity index (χ2v) is 5.84. The van der Waals surface area contributed by atoms with Gasteiger partial charge in [0.15, 0.2) is 0 Å². The quantitative estimate of drug-likeness (QED) is 0.772. The fourth-order valence-electron chi connectivity index (χ4n) is 2.16. The molecule has 0 bridgehead atoms. The number of primary amides is 1. The summed E-state index contributed by atoms with van der Waals surface area (Å²) in [6.45, 7) is 6.21. The molecule has 2 rings (SSSR count). The highest BCUT2D eigenvalue weighted by molar-refractivity contribution is 5.94. The van der Waals surface area contributed by atoms with E-state index in [0.29, 0.717) is 11.5 Å². The highest BCUT2D eigenvalue weighted by Gasteiger charge is 2.04. The standard InChI is InChI=1S/C18H23N3O/c1-13(2)8-9-20-12-17-7-6-16(11-21-17)14-4-3-5-15(10-14)18(19)22/h3-7,10-11,13,20H,8-9,12H2,1-2H3,(H2,19,22). The summed E-state index contributed by atoms with van der Waals surface area (Å²) in [5, 5.41) is 3.39. The highest BCUT2D eigenvalue weighted by Crippen LogP contribution is 2.19. The van der Waals surface area contributed by atoms with E-state index in [1.165, 1.54) is 0 Å². The Morgan fingerprint density at radius 1 is 1.23 bits per heavy atom. The van der Waals surface area contributed by atoms with Gasteiger partial charge in [-0.2, -0.15) is 0 Å². The Morgan fingerprint density at radius 2 is 2.05 bits per heavy atom. The van der Waals surface area contributed by atoms with Gasteiger partial charge < -0.3 is 11.1 Å². The van der Waals surface area contributed by atoms with Crippen LogP contribution in [0.5, 0.6) is 0 Å². The predicted octanol–water partition coefficient (Wildman–Crippen LogP) is 2.98. The predicted molar refractivity (Wildman–Crippen MR) is 89.4 cm³/mol. The van der Waals surface area contributed by atoms with Gasteiger partial charge >= 0.3 is 0 Å². The van der Waals surface area contributed by atoms with E-state index < -0.39 is 5.91 Å². The molecule has 1 aromatic carbocycles. The average Bonchev–Trinajstić information content (AvgIpc) is 2.52. The van der Waals surface area contributed by atoms with Gasteiger partial charge in [-0.05, 0) is 42.6 Å². The number of pyridine rings is 1. The molecule has 0 fully saturated rings. The van der Waals surface area contributed by atoms with Gasteiger partial charge in [-0.25, -0.2) is 0 Å². The first-order valence-corrected chi connectivity index (χ1v) is 7.62. The first-order valence-electron chi connectivity index (χ1n) is 7.62. The maximum Gasteiger partial charge on any atom is 0.248 e. The van der Waals surface area contributed by atoms with Crippen LogP contribution < -0.4 is 11.1 Å². The first kappa shape index (κ1) is 16.2. The number of rotatable bonds is 7. The number of benzene rings is 1. The van der Waals surface area contributed by atoms with Crippen LogP contribution in [0.2, 0.25) is 0 Å². The lowest BCUT2D eigenvalue weighted by Crippen LogP contribution is -2.16. The Labute approximate surface area is 131 Å². The second kappa shape index (κ2) is 7.71. The van der Waals surface area contributed by atoms with E-state index in [4.69, 9.17) is 5.73 Å². The molecule has 0 saturated heterocycles. The molecule has 2 aromatic rings. The molecule has 116 valence electrons. The number of nitrogens with zero attached hydrogens (tertiary/aromatic N) is 1. The number of nitrogens with two attached hydrogens (primary N) is 1. The third-order valence-corrected chi connectivity index (χ3v) is 3.51. The Kier molecular flexibility index (Phi) is 5.67. The monoisotopic (exact) mass is 297 g/mol. The minimum atomic E-state index is -0.416. The van der Waals surface area contributed by atoms with Crippen molar-refractivity contribution < 1.29 is 4.79 Å². The van der Waals surface area contributed by atoms with E-state index >= 15 is 0 Å². The Bertz CT molecular complexity index is 620. The lowest BCUT2D eigenvalue weighted by Gasteiger charge is -2.08. The Hall–Kier alpha value is -2.20. The molecule has 1 amide bonds. The smallest absolute Gasteiger partial charge is 0.248 e. The normalized spacial score (nSPS) is 10.9. The summed E-state index contributed by atoms with van der Waals surface area (Å²) in [4.78, 5) is 15.7. The van der Waals surface area contributed by atoms with Crippen LogP contribution in [0.25, 0.3) is 11.1 Å². The molecule has 3 N–H and O–H groups in total. The average molecular weight is 297 g/mol. The number of nitrogens with one attached hydrogen (secondary N) is 1. The van der Waals surface area contributed by atoms with Gasteiger partial charge in [0.2, 0.25) is 5.91 Å². The molecular weight excluding hydrogens is 274 g/mol. The zero-order chi connectivity index (χ0) is 15.9. The maximum absolute atomic E-state index is 11.2. The molecule has 0 atom stereocenters. The van der Waals surface area contributed by atoms with E-state index in [1.54, 1.807) is 12.1 Å². The fraction of sp³-hybridized carbons (Fsp3) is 0.333. The molecule has 4 nitrogen and oxygen atoms in total. The highest BCUT2D eigenvalue weighted by atomic mass is 16.1. The lowest BCUT2D eigenvalue weighted by molar-refractivity contribution is 0.100. The molecule has 1 aromatic heterocycles. The number of carbonyl (C=O) groups excluding carboxylic acids is 1. The molecule has 0 radical (unpaired) electrons. The van der Waals surface area contributed by atoms with E-state index in [-0.39, 0.29) is 0 Å². The minimum Gasteiger partial charge on any atom is -0.366 e. The summed E-state index contributed by atoms with van der Waals surface area (Å²) in [6, 6.07) is 11.3. The van der Waals surface area contributed by atoms with E-state index in [9.17, 15) is 4.79 Å². The number of hydrogen-bond acceptors (Lipinski definition) is 3. The third-order valence-electron chi connectivity index (χ3n) is 3.51.